The molecule has 2 aliphatic rings. The van der Waals surface area contributed by atoms with E-state index in [9.17, 15) is 4.39 Å². The molecule has 5 nitrogen and oxygen atoms in total. The fraction of sp³-hybridized carbons (Fsp3) is 0.579. The van der Waals surface area contributed by atoms with Crippen LogP contribution >= 0.6 is 0 Å². The molecule has 1 atom stereocenters. The molecule has 0 N–H and O–H groups in total. The average Bonchev–Trinajstić information content (AvgIpc) is 3.23. The zero-order valence-electron chi connectivity index (χ0n) is 15.0. The van der Waals surface area contributed by atoms with Gasteiger partial charge in [0, 0.05) is 38.6 Å². The van der Waals surface area contributed by atoms with E-state index in [1.54, 1.807) is 12.1 Å². The van der Waals surface area contributed by atoms with Gasteiger partial charge in [0.1, 0.15) is 17.5 Å². The van der Waals surface area contributed by atoms with Gasteiger partial charge in [0.25, 0.3) is 0 Å². The van der Waals surface area contributed by atoms with Crippen LogP contribution < -0.4 is 0 Å². The number of likely N-dealkylation sites (N-methyl/N-ethyl adjacent to an activating group) is 1. The summed E-state index contributed by atoms with van der Waals surface area (Å²) in [4.78, 5) is 4.84. The van der Waals surface area contributed by atoms with E-state index in [2.05, 4.69) is 38.7 Å². The quantitative estimate of drug-likeness (QED) is 0.808. The first kappa shape index (κ1) is 16.7. The highest BCUT2D eigenvalue weighted by atomic mass is 19.1. The molecule has 1 aromatic carbocycles. The highest BCUT2D eigenvalue weighted by molar-refractivity contribution is 5.16. The van der Waals surface area contributed by atoms with E-state index in [1.165, 1.54) is 18.4 Å². The van der Waals surface area contributed by atoms with Crippen molar-refractivity contribution in [1.29, 1.82) is 0 Å². The third kappa shape index (κ3) is 3.75. The Hall–Kier alpha value is -1.79. The molecule has 2 aromatic rings. The maximum absolute atomic E-state index is 13.0. The Morgan fingerprint density at radius 2 is 1.92 bits per heavy atom. The number of nitrogens with zero attached hydrogens (tertiary/aromatic N) is 5. The summed E-state index contributed by atoms with van der Waals surface area (Å²) in [6.45, 7) is 3.85. The Morgan fingerprint density at radius 1 is 1.16 bits per heavy atom. The smallest absolute Gasteiger partial charge is 0.146 e. The van der Waals surface area contributed by atoms with Crippen LogP contribution in [0.3, 0.4) is 0 Å². The lowest BCUT2D eigenvalue weighted by Gasteiger charge is -2.24. The first-order valence-corrected chi connectivity index (χ1v) is 9.15. The van der Waals surface area contributed by atoms with Gasteiger partial charge < -0.3 is 4.57 Å². The second-order valence-corrected chi connectivity index (χ2v) is 7.53. The van der Waals surface area contributed by atoms with Crippen molar-refractivity contribution in [3.63, 3.8) is 0 Å². The van der Waals surface area contributed by atoms with Gasteiger partial charge >= 0.3 is 0 Å². The van der Waals surface area contributed by atoms with E-state index in [0.29, 0.717) is 12.0 Å². The molecular formula is C19H26FN5. The van der Waals surface area contributed by atoms with Gasteiger partial charge in [0.15, 0.2) is 0 Å². The van der Waals surface area contributed by atoms with E-state index in [1.807, 2.05) is 12.1 Å². The van der Waals surface area contributed by atoms with Gasteiger partial charge in [-0.1, -0.05) is 12.1 Å². The normalized spacial score (nSPS) is 21.4. The standard InChI is InChI=1S/C19H26FN5/c1-23(13-18-21-22-19(24(18)2)15-5-6-15)17-9-10-25(12-17)11-14-3-7-16(20)8-4-14/h3-4,7-8,15,17H,5-6,9-13H2,1-2H3/t17-/m1/s1. The molecule has 1 aliphatic carbocycles. The molecule has 1 aliphatic heterocycles. The third-order valence-electron chi connectivity index (χ3n) is 5.52. The van der Waals surface area contributed by atoms with Gasteiger partial charge in [-0.25, -0.2) is 4.39 Å². The Kier molecular flexibility index (Phi) is 4.56. The fourth-order valence-corrected chi connectivity index (χ4v) is 3.73. The molecule has 0 radical (unpaired) electrons. The number of likely N-dealkylation sites (tertiary alicyclic amines) is 1. The summed E-state index contributed by atoms with van der Waals surface area (Å²) >= 11 is 0. The van der Waals surface area contributed by atoms with E-state index in [0.717, 1.165) is 44.2 Å². The van der Waals surface area contributed by atoms with E-state index >= 15 is 0 Å². The van der Waals surface area contributed by atoms with Crippen molar-refractivity contribution in [3.8, 4) is 0 Å². The van der Waals surface area contributed by atoms with Crippen molar-refractivity contribution in [2.45, 2.75) is 44.3 Å². The van der Waals surface area contributed by atoms with Gasteiger partial charge in [-0.05, 0) is 44.0 Å². The van der Waals surface area contributed by atoms with Gasteiger partial charge in [0.05, 0.1) is 6.54 Å². The molecule has 0 bridgehead atoms. The molecule has 0 unspecified atom stereocenters. The van der Waals surface area contributed by atoms with Crippen LogP contribution in [-0.2, 0) is 20.1 Å². The minimum Gasteiger partial charge on any atom is -0.317 e. The predicted octanol–water partition coefficient (Wildman–Crippen LogP) is 2.54. The Balaban J connectivity index is 1.32. The summed E-state index contributed by atoms with van der Waals surface area (Å²) in [5, 5.41) is 8.79. The van der Waals surface area contributed by atoms with Crippen molar-refractivity contribution in [2.24, 2.45) is 7.05 Å². The molecule has 1 saturated heterocycles. The number of benzene rings is 1. The Morgan fingerprint density at radius 3 is 2.64 bits per heavy atom. The maximum Gasteiger partial charge on any atom is 0.146 e. The van der Waals surface area contributed by atoms with Crippen LogP contribution in [0.2, 0.25) is 0 Å². The Labute approximate surface area is 148 Å². The first-order valence-electron chi connectivity index (χ1n) is 9.15. The van der Waals surface area contributed by atoms with Gasteiger partial charge in [-0.15, -0.1) is 10.2 Å². The van der Waals surface area contributed by atoms with E-state index in [-0.39, 0.29) is 5.82 Å². The summed E-state index contributed by atoms with van der Waals surface area (Å²) in [6, 6.07) is 7.37. The van der Waals surface area contributed by atoms with Crippen molar-refractivity contribution in [1.82, 2.24) is 24.6 Å². The van der Waals surface area contributed by atoms with Crippen molar-refractivity contribution in [3.05, 3.63) is 47.3 Å². The van der Waals surface area contributed by atoms with E-state index in [4.69, 9.17) is 0 Å². The summed E-state index contributed by atoms with van der Waals surface area (Å²) < 4.78 is 15.2. The summed E-state index contributed by atoms with van der Waals surface area (Å²) in [6.07, 6.45) is 3.66. The number of hydrogen-bond donors (Lipinski definition) is 0. The molecule has 134 valence electrons. The van der Waals surface area contributed by atoms with Gasteiger partial charge in [-0.2, -0.15) is 0 Å². The molecule has 1 saturated carbocycles. The lowest BCUT2D eigenvalue weighted by Crippen LogP contribution is -2.34. The minimum atomic E-state index is -0.169. The minimum absolute atomic E-state index is 0.169. The molecule has 4 rings (SSSR count). The zero-order chi connectivity index (χ0) is 17.4. The largest absolute Gasteiger partial charge is 0.317 e. The van der Waals surface area contributed by atoms with E-state index < -0.39 is 0 Å². The second kappa shape index (κ2) is 6.84. The van der Waals surface area contributed by atoms with Crippen LogP contribution in [0.4, 0.5) is 4.39 Å². The van der Waals surface area contributed by atoms with Crippen LogP contribution in [0.1, 0.15) is 42.4 Å². The molecule has 2 fully saturated rings. The van der Waals surface area contributed by atoms with Crippen LogP contribution in [0.5, 0.6) is 0 Å². The van der Waals surface area contributed by atoms with Crippen LogP contribution in [-0.4, -0.2) is 50.7 Å². The number of rotatable bonds is 6. The molecule has 6 heteroatoms. The summed E-state index contributed by atoms with van der Waals surface area (Å²) in [5.74, 6) is 2.67. The van der Waals surface area contributed by atoms with Crippen molar-refractivity contribution < 1.29 is 4.39 Å². The lowest BCUT2D eigenvalue weighted by molar-refractivity contribution is 0.216. The zero-order valence-corrected chi connectivity index (χ0v) is 15.0. The average molecular weight is 343 g/mol. The van der Waals surface area contributed by atoms with Crippen molar-refractivity contribution >= 4 is 0 Å². The molecule has 0 amide bonds. The van der Waals surface area contributed by atoms with Gasteiger partial charge in [0.2, 0.25) is 0 Å². The molecule has 1 aromatic heterocycles. The topological polar surface area (TPSA) is 37.2 Å². The number of halogens is 1. The molecule has 2 heterocycles. The third-order valence-corrected chi connectivity index (χ3v) is 5.52. The van der Waals surface area contributed by atoms with Crippen LogP contribution in [0.25, 0.3) is 0 Å². The monoisotopic (exact) mass is 343 g/mol. The highest BCUT2D eigenvalue weighted by Crippen LogP contribution is 2.38. The van der Waals surface area contributed by atoms with Crippen LogP contribution in [0, 0.1) is 5.82 Å². The number of aromatic nitrogens is 3. The molecule has 25 heavy (non-hydrogen) atoms. The molecule has 0 spiro atoms. The summed E-state index contributed by atoms with van der Waals surface area (Å²) in [5.41, 5.74) is 1.17. The van der Waals surface area contributed by atoms with Crippen molar-refractivity contribution in [2.75, 3.05) is 20.1 Å². The Bertz CT molecular complexity index is 722. The summed E-state index contributed by atoms with van der Waals surface area (Å²) in [7, 11) is 4.27. The SMILES string of the molecule is CN(Cc1nnc(C2CC2)n1C)[C@@H]1CCN(Cc2ccc(F)cc2)C1. The fourth-order valence-electron chi connectivity index (χ4n) is 3.73. The van der Waals surface area contributed by atoms with Gasteiger partial charge in [-0.3, -0.25) is 9.80 Å². The molecular weight excluding hydrogens is 317 g/mol. The maximum atomic E-state index is 13.0. The highest BCUT2D eigenvalue weighted by Gasteiger charge is 2.30. The predicted molar refractivity (Wildman–Crippen MR) is 94.5 cm³/mol. The van der Waals surface area contributed by atoms with Crippen LogP contribution in [0.15, 0.2) is 24.3 Å². The first-order chi connectivity index (χ1) is 12.1. The number of hydrogen-bond acceptors (Lipinski definition) is 4. The second-order valence-electron chi connectivity index (χ2n) is 7.53. The lowest BCUT2D eigenvalue weighted by atomic mass is 10.2.